The van der Waals surface area contributed by atoms with Crippen LogP contribution < -0.4 is 14.8 Å². The van der Waals surface area contributed by atoms with Crippen LogP contribution in [0.5, 0.6) is 17.5 Å². The number of ether oxygens (including phenoxy) is 2. The lowest BCUT2D eigenvalue weighted by molar-refractivity contribution is -0.118. The number of anilines is 1. The van der Waals surface area contributed by atoms with E-state index in [1.54, 1.807) is 13.0 Å². The van der Waals surface area contributed by atoms with Crippen LogP contribution in [0, 0.1) is 18.3 Å². The number of aryl methyl sites for hydroxylation is 1. The van der Waals surface area contributed by atoms with Crippen molar-refractivity contribution in [1.82, 2.24) is 15.0 Å². The number of nitriles is 1. The van der Waals surface area contributed by atoms with E-state index in [-0.39, 0.29) is 24.1 Å². The Morgan fingerprint density at radius 3 is 2.96 bits per heavy atom. The number of nitrogens with one attached hydrogen (secondary N) is 2. The average molecular weight is 353 g/mol. The zero-order valence-corrected chi connectivity index (χ0v) is 14.0. The molecule has 2 heterocycles. The first-order chi connectivity index (χ1) is 12.5. The van der Waals surface area contributed by atoms with Crippen molar-refractivity contribution in [3.05, 3.63) is 35.7 Å². The third kappa shape index (κ3) is 3.34. The first-order valence-corrected chi connectivity index (χ1v) is 7.57. The summed E-state index contributed by atoms with van der Waals surface area (Å²) in [5, 5.41) is 21.3. The maximum absolute atomic E-state index is 12.0. The number of H-pyrrole nitrogens is 1. The molecule has 0 radical (unpaired) electrons. The number of phenolic OH excluding ortho intramolecular Hbond substituents is 1. The molecule has 3 aromatic rings. The molecule has 0 aliphatic rings. The van der Waals surface area contributed by atoms with Gasteiger partial charge in [0.05, 0.1) is 24.3 Å². The predicted octanol–water partition coefficient (Wildman–Crippen LogP) is 1.87. The standard InChI is InChI=1S/C17H15N5O4/c1-9-11(6-18)19-7-12-16(9)22-17(21-12)26-8-15(24)20-10-3-4-14(25-2)13(23)5-10/h3-5,7,23H,8H2,1-2H3,(H,20,24)(H,21,22). The van der Waals surface area contributed by atoms with Gasteiger partial charge in [-0.15, -0.1) is 0 Å². The van der Waals surface area contributed by atoms with Crippen LogP contribution in [-0.2, 0) is 4.79 Å². The van der Waals surface area contributed by atoms with E-state index in [0.29, 0.717) is 28.0 Å². The minimum absolute atomic E-state index is 0.0835. The van der Waals surface area contributed by atoms with Crippen molar-refractivity contribution in [3.63, 3.8) is 0 Å². The van der Waals surface area contributed by atoms with Gasteiger partial charge in [0, 0.05) is 17.3 Å². The quantitative estimate of drug-likeness (QED) is 0.637. The summed E-state index contributed by atoms with van der Waals surface area (Å²) in [5.41, 5.74) is 2.49. The molecule has 3 rings (SSSR count). The summed E-state index contributed by atoms with van der Waals surface area (Å²) in [7, 11) is 1.44. The van der Waals surface area contributed by atoms with Crippen LogP contribution in [0.4, 0.5) is 5.69 Å². The molecule has 9 heteroatoms. The third-order valence-corrected chi connectivity index (χ3v) is 3.65. The van der Waals surface area contributed by atoms with Crippen molar-refractivity contribution in [3.8, 4) is 23.6 Å². The second kappa shape index (κ2) is 6.98. The lowest BCUT2D eigenvalue weighted by Gasteiger charge is -2.08. The number of phenols is 1. The molecule has 0 fully saturated rings. The number of hydrogen-bond acceptors (Lipinski definition) is 7. The minimum atomic E-state index is -0.428. The molecule has 1 aromatic carbocycles. The SMILES string of the molecule is COc1ccc(NC(=O)COc2nc3c(C)c(C#N)ncc3[nH]2)cc1O. The molecule has 9 nitrogen and oxygen atoms in total. The van der Waals surface area contributed by atoms with E-state index in [2.05, 4.69) is 20.3 Å². The van der Waals surface area contributed by atoms with Crippen LogP contribution in [0.15, 0.2) is 24.4 Å². The highest BCUT2D eigenvalue weighted by atomic mass is 16.5. The fraction of sp³-hybridized carbons (Fsp3) is 0.176. The van der Waals surface area contributed by atoms with Crippen molar-refractivity contribution in [1.29, 1.82) is 5.26 Å². The van der Waals surface area contributed by atoms with Crippen LogP contribution >= 0.6 is 0 Å². The van der Waals surface area contributed by atoms with E-state index < -0.39 is 5.91 Å². The first-order valence-electron chi connectivity index (χ1n) is 7.57. The summed E-state index contributed by atoms with van der Waals surface area (Å²) >= 11 is 0. The second-order valence-electron chi connectivity index (χ2n) is 5.37. The molecule has 0 atom stereocenters. The summed E-state index contributed by atoms with van der Waals surface area (Å²) in [6, 6.07) is 6.63. The van der Waals surface area contributed by atoms with E-state index >= 15 is 0 Å². The van der Waals surface area contributed by atoms with Gasteiger partial charge in [-0.2, -0.15) is 10.2 Å². The number of carbonyl (C=O) groups is 1. The fourth-order valence-corrected chi connectivity index (χ4v) is 2.36. The van der Waals surface area contributed by atoms with E-state index in [1.807, 2.05) is 6.07 Å². The number of pyridine rings is 1. The number of fused-ring (bicyclic) bond motifs is 1. The molecule has 26 heavy (non-hydrogen) atoms. The Morgan fingerprint density at radius 2 is 2.27 bits per heavy atom. The predicted molar refractivity (Wildman–Crippen MR) is 92.1 cm³/mol. The summed E-state index contributed by atoms with van der Waals surface area (Å²) in [6.07, 6.45) is 1.49. The van der Waals surface area contributed by atoms with Gasteiger partial charge >= 0.3 is 0 Å². The Labute approximate surface area is 148 Å². The molecule has 3 N–H and O–H groups in total. The van der Waals surface area contributed by atoms with Gasteiger partial charge < -0.3 is 24.9 Å². The van der Waals surface area contributed by atoms with Gasteiger partial charge in [0.25, 0.3) is 11.9 Å². The molecular formula is C17H15N5O4. The van der Waals surface area contributed by atoms with Crippen molar-refractivity contribution in [2.75, 3.05) is 19.0 Å². The smallest absolute Gasteiger partial charge is 0.295 e. The normalized spacial score (nSPS) is 10.3. The number of imidazole rings is 1. The van der Waals surface area contributed by atoms with Crippen LogP contribution in [0.1, 0.15) is 11.3 Å². The van der Waals surface area contributed by atoms with Crippen LogP contribution in [0.2, 0.25) is 0 Å². The van der Waals surface area contributed by atoms with E-state index in [9.17, 15) is 9.90 Å². The Bertz CT molecular complexity index is 1020. The maximum atomic E-state index is 12.0. The summed E-state index contributed by atoms with van der Waals surface area (Å²) in [4.78, 5) is 23.1. The van der Waals surface area contributed by atoms with Crippen LogP contribution in [0.3, 0.4) is 0 Å². The molecule has 0 bridgehead atoms. The summed E-state index contributed by atoms with van der Waals surface area (Å²) in [6.45, 7) is 1.45. The van der Waals surface area contributed by atoms with Crippen molar-refractivity contribution in [2.24, 2.45) is 0 Å². The van der Waals surface area contributed by atoms with Crippen molar-refractivity contribution < 1.29 is 19.4 Å². The van der Waals surface area contributed by atoms with E-state index in [1.165, 1.54) is 25.4 Å². The highest BCUT2D eigenvalue weighted by Crippen LogP contribution is 2.28. The van der Waals surface area contributed by atoms with Crippen LogP contribution in [-0.4, -0.2) is 39.7 Å². The number of aromatic hydroxyl groups is 1. The van der Waals surface area contributed by atoms with Gasteiger partial charge in [-0.3, -0.25) is 4.79 Å². The molecule has 0 aliphatic carbocycles. The van der Waals surface area contributed by atoms with Gasteiger partial charge in [0.2, 0.25) is 0 Å². The zero-order chi connectivity index (χ0) is 18.7. The summed E-state index contributed by atoms with van der Waals surface area (Å²) in [5.74, 6) is -0.204. The molecule has 0 unspecified atom stereocenters. The largest absolute Gasteiger partial charge is 0.504 e. The third-order valence-electron chi connectivity index (χ3n) is 3.65. The Morgan fingerprint density at radius 1 is 1.46 bits per heavy atom. The molecule has 2 aromatic heterocycles. The molecule has 132 valence electrons. The van der Waals surface area contributed by atoms with Gasteiger partial charge in [-0.25, -0.2) is 4.98 Å². The Balaban J connectivity index is 1.66. The first kappa shape index (κ1) is 17.0. The minimum Gasteiger partial charge on any atom is -0.504 e. The topological polar surface area (TPSA) is 133 Å². The van der Waals surface area contributed by atoms with Gasteiger partial charge in [0.1, 0.15) is 11.8 Å². The zero-order valence-electron chi connectivity index (χ0n) is 14.0. The number of methoxy groups -OCH3 is 1. The monoisotopic (exact) mass is 353 g/mol. The molecule has 0 spiro atoms. The maximum Gasteiger partial charge on any atom is 0.295 e. The molecule has 1 amide bonds. The van der Waals surface area contributed by atoms with Gasteiger partial charge in [0.15, 0.2) is 18.1 Å². The fourth-order valence-electron chi connectivity index (χ4n) is 2.36. The number of hydrogen-bond donors (Lipinski definition) is 3. The number of nitrogens with zero attached hydrogens (tertiary/aromatic N) is 3. The van der Waals surface area contributed by atoms with E-state index in [4.69, 9.17) is 14.7 Å². The highest BCUT2D eigenvalue weighted by Gasteiger charge is 2.12. The van der Waals surface area contributed by atoms with Gasteiger partial charge in [-0.1, -0.05) is 0 Å². The molecule has 0 saturated heterocycles. The lowest BCUT2D eigenvalue weighted by Crippen LogP contribution is -2.20. The number of carbonyl (C=O) groups excluding carboxylic acids is 1. The van der Waals surface area contributed by atoms with Gasteiger partial charge in [-0.05, 0) is 19.1 Å². The molecule has 0 aliphatic heterocycles. The Hall–Kier alpha value is -3.80. The van der Waals surface area contributed by atoms with Crippen molar-refractivity contribution in [2.45, 2.75) is 6.92 Å². The highest BCUT2D eigenvalue weighted by molar-refractivity contribution is 5.92. The average Bonchev–Trinajstić information content (AvgIpc) is 3.05. The lowest BCUT2D eigenvalue weighted by atomic mass is 10.2. The number of aromatic amines is 1. The number of aromatic nitrogens is 3. The number of rotatable bonds is 5. The second-order valence-corrected chi connectivity index (χ2v) is 5.37. The van der Waals surface area contributed by atoms with Crippen LogP contribution in [0.25, 0.3) is 11.0 Å². The Kier molecular flexibility index (Phi) is 4.57. The summed E-state index contributed by atoms with van der Waals surface area (Å²) < 4.78 is 10.3. The van der Waals surface area contributed by atoms with E-state index in [0.717, 1.165) is 0 Å². The number of amides is 1. The number of benzene rings is 1. The van der Waals surface area contributed by atoms with Crippen molar-refractivity contribution >= 4 is 22.6 Å². The molecule has 0 saturated carbocycles. The molecular weight excluding hydrogens is 338 g/mol.